The second-order valence-corrected chi connectivity index (χ2v) is 5.70. The van der Waals surface area contributed by atoms with Crippen LogP contribution in [0.2, 0.25) is 0 Å². The Kier molecular flexibility index (Phi) is 2.94. The van der Waals surface area contributed by atoms with E-state index in [1.54, 1.807) is 0 Å². The second-order valence-electron chi connectivity index (χ2n) is 3.99. The highest BCUT2D eigenvalue weighted by Crippen LogP contribution is 2.23. The fraction of sp³-hybridized carbons (Fsp3) is 0.0833. The smallest absolute Gasteiger partial charge is 0.259 e. The molecule has 7 heteroatoms. The third-order valence-corrected chi connectivity index (χ3v) is 4.14. The molecule has 0 fully saturated rings. The number of thiazole rings is 1. The quantitative estimate of drug-likeness (QED) is 0.740. The van der Waals surface area contributed by atoms with Gasteiger partial charge in [-0.15, -0.1) is 11.3 Å². The molecule has 0 radical (unpaired) electrons. The molecular formula is C12H7BrFN3OS. The molecule has 4 nitrogen and oxygen atoms in total. The van der Waals surface area contributed by atoms with E-state index >= 15 is 0 Å². The van der Waals surface area contributed by atoms with Gasteiger partial charge in [-0.25, -0.2) is 14.4 Å². The first-order valence-electron chi connectivity index (χ1n) is 5.36. The molecule has 1 N–H and O–H groups in total. The summed E-state index contributed by atoms with van der Waals surface area (Å²) < 4.78 is 13.7. The molecule has 0 atom stereocenters. The summed E-state index contributed by atoms with van der Waals surface area (Å²) in [6.45, 7) is 1.86. The average molecular weight is 340 g/mol. The number of hydrogen-bond acceptors (Lipinski definition) is 4. The van der Waals surface area contributed by atoms with E-state index in [4.69, 9.17) is 0 Å². The average Bonchev–Trinajstić information content (AvgIpc) is 2.78. The number of nitrogens with one attached hydrogen (secondary N) is 1. The summed E-state index contributed by atoms with van der Waals surface area (Å²) in [6.07, 6.45) is 0. The van der Waals surface area contributed by atoms with Crippen LogP contribution in [0, 0.1) is 12.7 Å². The van der Waals surface area contributed by atoms with E-state index in [9.17, 15) is 9.18 Å². The number of aromatic amines is 1. The fourth-order valence-corrected chi connectivity index (χ4v) is 2.78. The SMILES string of the molecule is Cc1csc(-c2nc3cc(F)c(Br)cc3c(=O)[nH]2)n1. The molecule has 3 aromatic rings. The number of rotatable bonds is 1. The van der Waals surface area contributed by atoms with Crippen molar-refractivity contribution in [3.8, 4) is 10.8 Å². The summed E-state index contributed by atoms with van der Waals surface area (Å²) in [5.41, 5.74) is 0.852. The van der Waals surface area contributed by atoms with Gasteiger partial charge in [0.1, 0.15) is 5.82 Å². The number of nitrogens with zero attached hydrogens (tertiary/aromatic N) is 2. The summed E-state index contributed by atoms with van der Waals surface area (Å²) in [5, 5.41) is 2.81. The Balaban J connectivity index is 2.30. The zero-order valence-corrected chi connectivity index (χ0v) is 12.1. The number of benzene rings is 1. The Hall–Kier alpha value is -1.60. The van der Waals surface area contributed by atoms with Crippen LogP contribution in [-0.2, 0) is 0 Å². The van der Waals surface area contributed by atoms with Crippen LogP contribution in [0.25, 0.3) is 21.7 Å². The highest BCUT2D eigenvalue weighted by Gasteiger charge is 2.11. The number of fused-ring (bicyclic) bond motifs is 1. The topological polar surface area (TPSA) is 58.6 Å². The number of aryl methyl sites for hydroxylation is 1. The van der Waals surface area contributed by atoms with E-state index in [2.05, 4.69) is 30.9 Å². The molecule has 0 saturated carbocycles. The minimum Gasteiger partial charge on any atom is -0.304 e. The lowest BCUT2D eigenvalue weighted by Crippen LogP contribution is -2.09. The molecule has 96 valence electrons. The zero-order valence-electron chi connectivity index (χ0n) is 9.70. The number of halogens is 2. The minimum atomic E-state index is -0.452. The predicted octanol–water partition coefficient (Wildman–Crippen LogP) is 3.26. The number of hydrogen-bond donors (Lipinski definition) is 1. The molecule has 2 heterocycles. The van der Waals surface area contributed by atoms with Crippen molar-refractivity contribution in [3.05, 3.63) is 43.9 Å². The lowest BCUT2D eigenvalue weighted by Gasteiger charge is -2.01. The van der Waals surface area contributed by atoms with E-state index < -0.39 is 5.82 Å². The van der Waals surface area contributed by atoms with Gasteiger partial charge >= 0.3 is 0 Å². The largest absolute Gasteiger partial charge is 0.304 e. The second kappa shape index (κ2) is 4.50. The van der Waals surface area contributed by atoms with Crippen LogP contribution in [0.5, 0.6) is 0 Å². The summed E-state index contributed by atoms with van der Waals surface area (Å²) in [5.74, 6) is -0.0933. The van der Waals surface area contributed by atoms with Gasteiger partial charge in [0.25, 0.3) is 5.56 Å². The molecule has 0 aliphatic carbocycles. The fourth-order valence-electron chi connectivity index (χ4n) is 1.70. The minimum absolute atomic E-state index is 0.241. The summed E-state index contributed by atoms with van der Waals surface area (Å²) >= 11 is 4.43. The molecule has 2 aromatic heterocycles. The van der Waals surface area contributed by atoms with Gasteiger partial charge in [-0.05, 0) is 28.9 Å². The van der Waals surface area contributed by atoms with Crippen molar-refractivity contribution in [1.82, 2.24) is 15.0 Å². The van der Waals surface area contributed by atoms with Crippen molar-refractivity contribution in [2.45, 2.75) is 6.92 Å². The van der Waals surface area contributed by atoms with E-state index in [-0.39, 0.29) is 10.0 Å². The van der Waals surface area contributed by atoms with Crippen LogP contribution in [-0.4, -0.2) is 15.0 Å². The Morgan fingerprint density at radius 3 is 2.84 bits per heavy atom. The van der Waals surface area contributed by atoms with Gasteiger partial charge in [-0.1, -0.05) is 0 Å². The number of H-pyrrole nitrogens is 1. The van der Waals surface area contributed by atoms with Gasteiger partial charge in [-0.3, -0.25) is 4.79 Å². The Morgan fingerprint density at radius 2 is 2.16 bits per heavy atom. The molecule has 0 bridgehead atoms. The van der Waals surface area contributed by atoms with Crippen molar-refractivity contribution in [1.29, 1.82) is 0 Å². The monoisotopic (exact) mass is 339 g/mol. The highest BCUT2D eigenvalue weighted by atomic mass is 79.9. The van der Waals surface area contributed by atoms with Gasteiger partial charge in [-0.2, -0.15) is 0 Å². The standard InChI is InChI=1S/C12H7BrFN3OS/c1-5-4-19-12(15-5)10-16-9-3-8(14)7(13)2-6(9)11(18)17-10/h2-4H,1H3,(H,16,17,18). The lowest BCUT2D eigenvalue weighted by atomic mass is 10.2. The molecule has 0 amide bonds. The van der Waals surface area contributed by atoms with Crippen molar-refractivity contribution < 1.29 is 4.39 Å². The van der Waals surface area contributed by atoms with Crippen LogP contribution < -0.4 is 5.56 Å². The van der Waals surface area contributed by atoms with Gasteiger partial charge in [0.15, 0.2) is 10.8 Å². The van der Waals surface area contributed by atoms with Gasteiger partial charge in [0.2, 0.25) is 0 Å². The van der Waals surface area contributed by atoms with Crippen molar-refractivity contribution in [3.63, 3.8) is 0 Å². The van der Waals surface area contributed by atoms with E-state index in [1.807, 2.05) is 12.3 Å². The van der Waals surface area contributed by atoms with Crippen molar-refractivity contribution in [2.24, 2.45) is 0 Å². The third-order valence-electron chi connectivity index (χ3n) is 2.57. The van der Waals surface area contributed by atoms with E-state index in [0.717, 1.165) is 5.69 Å². The Morgan fingerprint density at radius 1 is 1.37 bits per heavy atom. The maximum Gasteiger partial charge on any atom is 0.259 e. The summed E-state index contributed by atoms with van der Waals surface area (Å²) in [6, 6.07) is 2.66. The van der Waals surface area contributed by atoms with Gasteiger partial charge in [0.05, 0.1) is 15.4 Å². The maximum absolute atomic E-state index is 13.5. The normalized spacial score (nSPS) is 11.1. The van der Waals surface area contributed by atoms with Crippen LogP contribution in [0.3, 0.4) is 0 Å². The molecule has 19 heavy (non-hydrogen) atoms. The molecule has 0 saturated heterocycles. The van der Waals surface area contributed by atoms with Crippen molar-refractivity contribution >= 4 is 38.2 Å². The molecule has 1 aromatic carbocycles. The first kappa shape index (κ1) is 12.4. The first-order valence-corrected chi connectivity index (χ1v) is 7.03. The number of aromatic nitrogens is 3. The molecule has 3 rings (SSSR count). The highest BCUT2D eigenvalue weighted by molar-refractivity contribution is 9.10. The third kappa shape index (κ3) is 2.19. The van der Waals surface area contributed by atoms with Crippen molar-refractivity contribution in [2.75, 3.05) is 0 Å². The summed E-state index contributed by atoms with van der Waals surface area (Å²) in [4.78, 5) is 23.2. The molecule has 0 unspecified atom stereocenters. The first-order chi connectivity index (χ1) is 9.04. The molecule has 0 spiro atoms. The maximum atomic E-state index is 13.5. The Bertz CT molecular complexity index is 843. The molecular weight excluding hydrogens is 333 g/mol. The van der Waals surface area contributed by atoms with Gasteiger partial charge < -0.3 is 4.98 Å². The van der Waals surface area contributed by atoms with Gasteiger partial charge in [0, 0.05) is 17.1 Å². The molecule has 0 aliphatic heterocycles. The predicted molar refractivity (Wildman–Crippen MR) is 75.9 cm³/mol. The zero-order chi connectivity index (χ0) is 13.6. The van der Waals surface area contributed by atoms with Crippen LogP contribution in [0.15, 0.2) is 26.8 Å². The Labute approximate surface area is 119 Å². The summed E-state index contributed by atoms with van der Waals surface area (Å²) in [7, 11) is 0. The van der Waals surface area contributed by atoms with Crippen LogP contribution in [0.4, 0.5) is 4.39 Å². The molecule has 0 aliphatic rings. The van der Waals surface area contributed by atoms with E-state index in [1.165, 1.54) is 23.5 Å². The lowest BCUT2D eigenvalue weighted by molar-refractivity contribution is 0.622. The van der Waals surface area contributed by atoms with Crippen LogP contribution in [0.1, 0.15) is 5.69 Å². The van der Waals surface area contributed by atoms with E-state index in [0.29, 0.717) is 21.7 Å². The van der Waals surface area contributed by atoms with Crippen LogP contribution >= 0.6 is 27.3 Å².